The molecule has 2 aliphatic rings. The summed E-state index contributed by atoms with van der Waals surface area (Å²) in [6.45, 7) is 29.4. The number of methoxy groups -OCH3 is 1. The van der Waals surface area contributed by atoms with Gasteiger partial charge in [-0.25, -0.2) is 4.79 Å². The zero-order chi connectivity index (χ0) is 27.7. The largest absolute Gasteiger partial charge is 0.466 e. The first-order valence-corrected chi connectivity index (χ1v) is 20.4. The molecule has 0 saturated carbocycles. The molecule has 1 aliphatic carbocycles. The van der Waals surface area contributed by atoms with E-state index in [1.807, 2.05) is 6.08 Å². The lowest BCUT2D eigenvalue weighted by Crippen LogP contribution is -2.51. The molecule has 0 amide bonds. The molecule has 0 radical (unpaired) electrons. The number of allylic oxidation sites excluding steroid dienone is 2. The van der Waals surface area contributed by atoms with Gasteiger partial charge in [0.2, 0.25) is 0 Å². The van der Waals surface area contributed by atoms with Crippen molar-refractivity contribution in [3.05, 3.63) is 35.5 Å². The Morgan fingerprint density at radius 1 is 1.19 bits per heavy atom. The minimum Gasteiger partial charge on any atom is -0.466 e. The maximum atomic E-state index is 13.0. The number of rotatable bonds is 11. The summed E-state index contributed by atoms with van der Waals surface area (Å²) in [5, 5.41) is 0.132. The Balaban J connectivity index is 2.44. The number of epoxide rings is 1. The molecule has 2 rings (SSSR count). The number of carbonyl (C=O) groups excluding carboxylic acids is 1. The SMILES string of the molecule is C=C[C@]1(C)O[C@H]1CC/C(C)=C/C[C@]1(C)C(C[Si](C)(C)C)=C(C(=O)OC)CC[C@H]1O[Si](C)(C)C(C)(C)C. The summed E-state index contributed by atoms with van der Waals surface area (Å²) in [6.07, 6.45) is 9.19. The molecule has 206 valence electrons. The summed E-state index contributed by atoms with van der Waals surface area (Å²) in [5.41, 5.74) is 3.18. The molecular weight excluding hydrogens is 480 g/mol. The van der Waals surface area contributed by atoms with E-state index in [1.165, 1.54) is 18.3 Å². The van der Waals surface area contributed by atoms with E-state index in [4.69, 9.17) is 13.9 Å². The lowest BCUT2D eigenvalue weighted by Gasteiger charge is -2.50. The number of esters is 1. The van der Waals surface area contributed by atoms with Crippen LogP contribution >= 0.6 is 0 Å². The van der Waals surface area contributed by atoms with Crippen LogP contribution < -0.4 is 0 Å². The Labute approximate surface area is 224 Å². The first-order valence-electron chi connectivity index (χ1n) is 13.8. The third kappa shape index (κ3) is 7.33. The van der Waals surface area contributed by atoms with Crippen LogP contribution in [0.3, 0.4) is 0 Å². The topological polar surface area (TPSA) is 48.1 Å². The molecule has 0 aromatic heterocycles. The monoisotopic (exact) mass is 534 g/mol. The fraction of sp³-hybridized carbons (Fsp3) is 0.767. The molecule has 0 N–H and O–H groups in total. The third-order valence-corrected chi connectivity index (χ3v) is 14.8. The molecule has 0 spiro atoms. The smallest absolute Gasteiger partial charge is 0.333 e. The van der Waals surface area contributed by atoms with Crippen LogP contribution in [-0.4, -0.2) is 47.3 Å². The van der Waals surface area contributed by atoms with E-state index in [0.29, 0.717) is 0 Å². The van der Waals surface area contributed by atoms with Crippen LogP contribution in [0.2, 0.25) is 43.8 Å². The predicted molar refractivity (Wildman–Crippen MR) is 158 cm³/mol. The normalized spacial score (nSPS) is 29.8. The average Bonchev–Trinajstić information content (AvgIpc) is 3.42. The van der Waals surface area contributed by atoms with E-state index in [-0.39, 0.29) is 34.2 Å². The molecule has 0 aromatic carbocycles. The van der Waals surface area contributed by atoms with Crippen molar-refractivity contribution in [2.75, 3.05) is 7.11 Å². The highest BCUT2D eigenvalue weighted by Gasteiger charge is 2.50. The second kappa shape index (κ2) is 11.0. The van der Waals surface area contributed by atoms with Gasteiger partial charge in [-0.05, 0) is 70.1 Å². The molecule has 6 heteroatoms. The van der Waals surface area contributed by atoms with Gasteiger partial charge in [-0.1, -0.05) is 70.6 Å². The molecular formula is C30H54O4Si2. The van der Waals surface area contributed by atoms with Crippen molar-refractivity contribution >= 4 is 22.4 Å². The number of carbonyl (C=O) groups is 1. The Hall–Kier alpha value is -0.956. The standard InChI is InChI=1S/C30H54O4Si2/c1-14-30(7)26(33-30)17-15-22(2)19-20-29(6)24(21-35(9,10)11)23(27(31)32-8)16-18-25(29)34-36(12,13)28(3,4)5/h14,19,25-26H,1,15-18,20-21H2,2-13H3/b22-19+/t25-,26+,29-,30+/m1/s1. The first-order chi connectivity index (χ1) is 16.3. The van der Waals surface area contributed by atoms with Gasteiger partial charge in [0, 0.05) is 19.1 Å². The van der Waals surface area contributed by atoms with Gasteiger partial charge < -0.3 is 13.9 Å². The van der Waals surface area contributed by atoms with E-state index in [9.17, 15) is 4.79 Å². The molecule has 0 aromatic rings. The third-order valence-electron chi connectivity index (χ3n) is 8.86. The van der Waals surface area contributed by atoms with Crippen molar-refractivity contribution in [2.24, 2.45) is 5.41 Å². The highest BCUT2D eigenvalue weighted by molar-refractivity contribution is 6.76. The molecule has 0 unspecified atom stereocenters. The summed E-state index contributed by atoms with van der Waals surface area (Å²) in [5.74, 6) is -0.157. The quantitative estimate of drug-likeness (QED) is 0.115. The van der Waals surface area contributed by atoms with E-state index >= 15 is 0 Å². The van der Waals surface area contributed by atoms with Gasteiger partial charge in [0.25, 0.3) is 0 Å². The molecule has 1 aliphatic heterocycles. The molecule has 1 heterocycles. The van der Waals surface area contributed by atoms with Crippen LogP contribution in [0.1, 0.15) is 73.6 Å². The van der Waals surface area contributed by atoms with E-state index in [0.717, 1.165) is 43.7 Å². The lowest BCUT2D eigenvalue weighted by molar-refractivity contribution is -0.136. The molecule has 36 heavy (non-hydrogen) atoms. The van der Waals surface area contributed by atoms with Crippen LogP contribution in [0.4, 0.5) is 0 Å². The van der Waals surface area contributed by atoms with Crippen molar-refractivity contribution in [1.82, 2.24) is 0 Å². The van der Waals surface area contributed by atoms with Crippen molar-refractivity contribution in [3.63, 3.8) is 0 Å². The van der Waals surface area contributed by atoms with Gasteiger partial charge in [-0.3, -0.25) is 0 Å². The maximum absolute atomic E-state index is 13.0. The van der Waals surface area contributed by atoms with Crippen molar-refractivity contribution in [3.8, 4) is 0 Å². The van der Waals surface area contributed by atoms with Gasteiger partial charge in [0.15, 0.2) is 8.32 Å². The van der Waals surface area contributed by atoms with Gasteiger partial charge >= 0.3 is 5.97 Å². The van der Waals surface area contributed by atoms with E-state index in [1.54, 1.807) is 0 Å². The number of hydrogen-bond acceptors (Lipinski definition) is 4. The predicted octanol–water partition coefficient (Wildman–Crippen LogP) is 8.44. The number of hydrogen-bond donors (Lipinski definition) is 0. The van der Waals surface area contributed by atoms with E-state index in [2.05, 4.69) is 86.9 Å². The zero-order valence-corrected chi connectivity index (χ0v) is 27.4. The van der Waals surface area contributed by atoms with Gasteiger partial charge in [-0.15, -0.1) is 6.58 Å². The van der Waals surface area contributed by atoms with Crippen LogP contribution in [0.15, 0.2) is 35.5 Å². The van der Waals surface area contributed by atoms with Gasteiger partial charge in [-0.2, -0.15) is 0 Å². The van der Waals surface area contributed by atoms with Crippen LogP contribution in [0, 0.1) is 5.41 Å². The Bertz CT molecular complexity index is 890. The lowest BCUT2D eigenvalue weighted by atomic mass is 9.67. The minimum atomic E-state index is -2.00. The summed E-state index contributed by atoms with van der Waals surface area (Å²) in [7, 11) is -2.00. The molecule has 1 saturated heterocycles. The highest BCUT2D eigenvalue weighted by Crippen LogP contribution is 2.51. The van der Waals surface area contributed by atoms with Crippen LogP contribution in [0.25, 0.3) is 0 Å². The molecule has 4 atom stereocenters. The fourth-order valence-electron chi connectivity index (χ4n) is 5.09. The Morgan fingerprint density at radius 2 is 1.81 bits per heavy atom. The molecule has 1 fully saturated rings. The minimum absolute atomic E-state index is 0.0954. The maximum Gasteiger partial charge on any atom is 0.333 e. The molecule has 4 nitrogen and oxygen atoms in total. The van der Waals surface area contributed by atoms with Gasteiger partial charge in [0.05, 0.1) is 19.3 Å². The second-order valence-corrected chi connectivity index (χ2v) is 24.5. The average molecular weight is 535 g/mol. The highest BCUT2D eigenvalue weighted by atomic mass is 28.4. The summed E-state index contributed by atoms with van der Waals surface area (Å²) in [4.78, 5) is 13.0. The van der Waals surface area contributed by atoms with E-state index < -0.39 is 16.4 Å². The zero-order valence-electron chi connectivity index (χ0n) is 25.4. The Morgan fingerprint density at radius 3 is 2.28 bits per heavy atom. The fourth-order valence-corrected chi connectivity index (χ4v) is 8.21. The number of ether oxygens (including phenoxy) is 2. The second-order valence-electron chi connectivity index (χ2n) is 14.3. The van der Waals surface area contributed by atoms with Crippen LogP contribution in [-0.2, 0) is 18.7 Å². The summed E-state index contributed by atoms with van der Waals surface area (Å²) >= 11 is 0. The van der Waals surface area contributed by atoms with Crippen LogP contribution in [0.5, 0.6) is 0 Å². The van der Waals surface area contributed by atoms with Crippen molar-refractivity contribution in [1.29, 1.82) is 0 Å². The first kappa shape index (κ1) is 31.3. The Kier molecular flexibility index (Phi) is 9.58. The van der Waals surface area contributed by atoms with Crippen molar-refractivity contribution < 1.29 is 18.7 Å². The molecule has 0 bridgehead atoms. The van der Waals surface area contributed by atoms with Crippen molar-refractivity contribution in [2.45, 2.75) is 135 Å². The summed E-state index contributed by atoms with van der Waals surface area (Å²) in [6, 6.07) is 0.992. The van der Waals surface area contributed by atoms with Gasteiger partial charge in [0.1, 0.15) is 5.60 Å². The summed E-state index contributed by atoms with van der Waals surface area (Å²) < 4.78 is 18.3.